The van der Waals surface area contributed by atoms with E-state index >= 15 is 0 Å². The van der Waals surface area contributed by atoms with E-state index in [1.165, 1.54) is 5.56 Å². The van der Waals surface area contributed by atoms with Gasteiger partial charge in [-0.1, -0.05) is 0 Å². The Hall–Kier alpha value is -0.660. The van der Waals surface area contributed by atoms with Crippen LogP contribution in [0.25, 0.3) is 0 Å². The summed E-state index contributed by atoms with van der Waals surface area (Å²) in [6.07, 6.45) is 0.787. The Balaban J connectivity index is 0.00000176. The zero-order valence-electron chi connectivity index (χ0n) is 12.7. The Morgan fingerprint density at radius 1 is 1.36 bits per heavy atom. The van der Waals surface area contributed by atoms with Gasteiger partial charge in [-0.05, 0) is 22.4 Å². The number of carbonyl (C=O) groups excluding carboxylic acids is 1. The molecule has 0 radical (unpaired) electrons. The summed E-state index contributed by atoms with van der Waals surface area (Å²) >= 11 is 1.71. The van der Waals surface area contributed by atoms with Crippen LogP contribution < -0.4 is 5.32 Å². The van der Waals surface area contributed by atoms with Crippen molar-refractivity contribution in [3.8, 4) is 0 Å². The molecule has 22 heavy (non-hydrogen) atoms. The first-order valence-electron chi connectivity index (χ1n) is 7.67. The van der Waals surface area contributed by atoms with E-state index in [0.717, 1.165) is 52.4 Å². The molecule has 1 aromatic heterocycles. The SMILES string of the molecule is Cl.O=C(CCN1CCOC(c2ccsc2)C1)N1CCNCC1. The first-order chi connectivity index (χ1) is 10.3. The van der Waals surface area contributed by atoms with Gasteiger partial charge in [0, 0.05) is 52.2 Å². The molecular weight excluding hydrogens is 322 g/mol. The number of hydrogen-bond acceptors (Lipinski definition) is 5. The average Bonchev–Trinajstić information content (AvgIpc) is 3.08. The molecule has 0 spiro atoms. The predicted molar refractivity (Wildman–Crippen MR) is 90.8 cm³/mol. The summed E-state index contributed by atoms with van der Waals surface area (Å²) in [6, 6.07) is 2.13. The first kappa shape index (κ1) is 17.7. The number of piperazine rings is 1. The van der Waals surface area contributed by atoms with Crippen molar-refractivity contribution in [2.45, 2.75) is 12.5 Å². The van der Waals surface area contributed by atoms with Gasteiger partial charge < -0.3 is 15.0 Å². The van der Waals surface area contributed by atoms with Crippen LogP contribution in [-0.4, -0.2) is 68.1 Å². The molecule has 0 aromatic carbocycles. The van der Waals surface area contributed by atoms with Crippen molar-refractivity contribution in [1.29, 1.82) is 0 Å². The minimum absolute atomic E-state index is 0. The fourth-order valence-electron chi connectivity index (χ4n) is 2.89. The van der Waals surface area contributed by atoms with Gasteiger partial charge in [0.2, 0.25) is 5.91 Å². The maximum absolute atomic E-state index is 12.2. The van der Waals surface area contributed by atoms with Gasteiger partial charge in [-0.15, -0.1) is 12.4 Å². The van der Waals surface area contributed by atoms with Crippen LogP contribution in [0.5, 0.6) is 0 Å². The molecule has 2 aliphatic rings. The molecule has 0 saturated carbocycles. The minimum Gasteiger partial charge on any atom is -0.371 e. The number of halogens is 1. The second-order valence-corrected chi connectivity index (χ2v) is 6.38. The van der Waals surface area contributed by atoms with Crippen LogP contribution in [0.2, 0.25) is 0 Å². The Morgan fingerprint density at radius 3 is 2.91 bits per heavy atom. The lowest BCUT2D eigenvalue weighted by Crippen LogP contribution is -2.47. The number of hydrogen-bond donors (Lipinski definition) is 1. The number of nitrogens with zero attached hydrogens (tertiary/aromatic N) is 2. The summed E-state index contributed by atoms with van der Waals surface area (Å²) in [7, 11) is 0. The molecule has 0 bridgehead atoms. The lowest BCUT2D eigenvalue weighted by atomic mass is 10.1. The molecule has 0 aliphatic carbocycles. The summed E-state index contributed by atoms with van der Waals surface area (Å²) in [4.78, 5) is 16.5. The molecule has 1 aromatic rings. The molecule has 2 aliphatic heterocycles. The molecule has 2 saturated heterocycles. The van der Waals surface area contributed by atoms with Gasteiger partial charge >= 0.3 is 0 Å². The smallest absolute Gasteiger partial charge is 0.223 e. The second kappa shape index (κ2) is 8.84. The lowest BCUT2D eigenvalue weighted by Gasteiger charge is -2.33. The van der Waals surface area contributed by atoms with Gasteiger partial charge in [-0.25, -0.2) is 0 Å². The van der Waals surface area contributed by atoms with Gasteiger partial charge in [0.05, 0.1) is 12.7 Å². The molecule has 7 heteroatoms. The summed E-state index contributed by atoms with van der Waals surface area (Å²) < 4.78 is 5.84. The normalized spacial score (nSPS) is 23.1. The molecule has 3 heterocycles. The van der Waals surface area contributed by atoms with Crippen LogP contribution in [0.4, 0.5) is 0 Å². The maximum Gasteiger partial charge on any atom is 0.223 e. The monoisotopic (exact) mass is 345 g/mol. The van der Waals surface area contributed by atoms with Crippen LogP contribution in [0.1, 0.15) is 18.1 Å². The average molecular weight is 346 g/mol. The third-order valence-corrected chi connectivity index (χ3v) is 4.88. The lowest BCUT2D eigenvalue weighted by molar-refractivity contribution is -0.132. The third kappa shape index (κ3) is 4.67. The minimum atomic E-state index is 0. The third-order valence-electron chi connectivity index (χ3n) is 4.18. The highest BCUT2D eigenvalue weighted by Gasteiger charge is 2.23. The van der Waals surface area contributed by atoms with Gasteiger partial charge in [0.15, 0.2) is 0 Å². The number of carbonyl (C=O) groups is 1. The van der Waals surface area contributed by atoms with E-state index in [1.54, 1.807) is 11.3 Å². The zero-order valence-corrected chi connectivity index (χ0v) is 14.3. The maximum atomic E-state index is 12.2. The fourth-order valence-corrected chi connectivity index (χ4v) is 3.59. The van der Waals surface area contributed by atoms with Crippen molar-refractivity contribution in [2.24, 2.45) is 0 Å². The van der Waals surface area contributed by atoms with Gasteiger partial charge in [-0.2, -0.15) is 11.3 Å². The quantitative estimate of drug-likeness (QED) is 0.895. The Kier molecular flexibility index (Phi) is 7.11. The number of ether oxygens (including phenoxy) is 1. The van der Waals surface area contributed by atoms with Crippen molar-refractivity contribution in [1.82, 2.24) is 15.1 Å². The van der Waals surface area contributed by atoms with Gasteiger partial charge in [0.25, 0.3) is 0 Å². The Morgan fingerprint density at radius 2 is 2.18 bits per heavy atom. The number of nitrogens with one attached hydrogen (secondary N) is 1. The van der Waals surface area contributed by atoms with Gasteiger partial charge in [0.1, 0.15) is 0 Å². The van der Waals surface area contributed by atoms with Crippen LogP contribution in [-0.2, 0) is 9.53 Å². The second-order valence-electron chi connectivity index (χ2n) is 5.60. The predicted octanol–water partition coefficient (Wildman–Crippen LogP) is 1.37. The van der Waals surface area contributed by atoms with E-state index in [1.807, 2.05) is 4.90 Å². The molecule has 124 valence electrons. The van der Waals surface area contributed by atoms with Crippen molar-refractivity contribution in [3.63, 3.8) is 0 Å². The molecule has 1 amide bonds. The highest BCUT2D eigenvalue weighted by atomic mass is 35.5. The van der Waals surface area contributed by atoms with Crippen molar-refractivity contribution >= 4 is 29.7 Å². The van der Waals surface area contributed by atoms with Gasteiger partial charge in [-0.3, -0.25) is 9.69 Å². The van der Waals surface area contributed by atoms with E-state index in [2.05, 4.69) is 27.0 Å². The number of thiophene rings is 1. The van der Waals surface area contributed by atoms with Crippen molar-refractivity contribution < 1.29 is 9.53 Å². The summed E-state index contributed by atoms with van der Waals surface area (Å²) in [6.45, 7) is 6.95. The van der Waals surface area contributed by atoms with Crippen molar-refractivity contribution in [3.05, 3.63) is 22.4 Å². The molecule has 5 nitrogen and oxygen atoms in total. The summed E-state index contributed by atoms with van der Waals surface area (Å²) in [5.41, 5.74) is 1.26. The Bertz CT molecular complexity index is 452. The number of amides is 1. The number of morpholine rings is 1. The van der Waals surface area contributed by atoms with E-state index in [-0.39, 0.29) is 24.4 Å². The van der Waals surface area contributed by atoms with E-state index in [9.17, 15) is 4.79 Å². The highest BCUT2D eigenvalue weighted by Crippen LogP contribution is 2.24. The van der Waals surface area contributed by atoms with Crippen LogP contribution >= 0.6 is 23.7 Å². The molecule has 1 N–H and O–H groups in total. The van der Waals surface area contributed by atoms with E-state index in [0.29, 0.717) is 6.42 Å². The first-order valence-corrected chi connectivity index (χ1v) is 8.62. The van der Waals surface area contributed by atoms with E-state index < -0.39 is 0 Å². The molecular formula is C15H24ClN3O2S. The van der Waals surface area contributed by atoms with E-state index in [4.69, 9.17) is 4.74 Å². The van der Waals surface area contributed by atoms with Crippen LogP contribution in [0, 0.1) is 0 Å². The zero-order chi connectivity index (χ0) is 14.5. The molecule has 1 unspecified atom stereocenters. The fraction of sp³-hybridized carbons (Fsp3) is 0.667. The summed E-state index contributed by atoms with van der Waals surface area (Å²) in [5.74, 6) is 0.287. The molecule has 1 atom stereocenters. The Labute approximate surface area is 142 Å². The van der Waals surface area contributed by atoms with Crippen LogP contribution in [0.3, 0.4) is 0 Å². The molecule has 2 fully saturated rings. The topological polar surface area (TPSA) is 44.8 Å². The van der Waals surface area contributed by atoms with Crippen LogP contribution in [0.15, 0.2) is 16.8 Å². The largest absolute Gasteiger partial charge is 0.371 e. The number of rotatable bonds is 4. The highest BCUT2D eigenvalue weighted by molar-refractivity contribution is 7.07. The molecule has 3 rings (SSSR count). The van der Waals surface area contributed by atoms with Crippen molar-refractivity contribution in [2.75, 3.05) is 52.4 Å². The summed E-state index contributed by atoms with van der Waals surface area (Å²) in [5, 5.41) is 7.52. The standard InChI is InChI=1S/C15H23N3O2S.ClH/c19-15(18-6-3-16-4-7-18)1-5-17-8-9-20-14(11-17)13-2-10-21-12-13;/h2,10,12,14,16H,1,3-9,11H2;1H.